The van der Waals surface area contributed by atoms with E-state index >= 15 is 0 Å². The van der Waals surface area contributed by atoms with E-state index in [-0.39, 0.29) is 5.56 Å². The molecule has 0 saturated heterocycles. The molecule has 0 aliphatic carbocycles. The largest absolute Gasteiger partial charge is 0.479 e. The summed E-state index contributed by atoms with van der Waals surface area (Å²) in [6.07, 6.45) is 1.11. The van der Waals surface area contributed by atoms with Crippen molar-refractivity contribution in [1.29, 1.82) is 0 Å². The number of benzene rings is 1. The summed E-state index contributed by atoms with van der Waals surface area (Å²) in [5, 5.41) is 11.6. The SMILES string of the molecule is O=C(O)CO/N=C/c1c(F)cccc1Br. The molecule has 0 heterocycles. The van der Waals surface area contributed by atoms with Gasteiger partial charge in [0.2, 0.25) is 6.61 Å². The van der Waals surface area contributed by atoms with Crippen LogP contribution in [-0.2, 0) is 9.63 Å². The quantitative estimate of drug-likeness (QED) is 0.676. The predicted octanol–water partition coefficient (Wildman–Crippen LogP) is 2.02. The van der Waals surface area contributed by atoms with Crippen LogP contribution in [0.3, 0.4) is 0 Å². The van der Waals surface area contributed by atoms with Crippen LogP contribution < -0.4 is 0 Å². The van der Waals surface area contributed by atoms with Crippen LogP contribution in [0.1, 0.15) is 5.56 Å². The van der Waals surface area contributed by atoms with Crippen LogP contribution in [0.4, 0.5) is 4.39 Å². The Morgan fingerprint density at radius 1 is 1.67 bits per heavy atom. The minimum absolute atomic E-state index is 0.211. The van der Waals surface area contributed by atoms with Crippen molar-refractivity contribution in [1.82, 2.24) is 0 Å². The Kier molecular flexibility index (Phi) is 4.23. The van der Waals surface area contributed by atoms with Gasteiger partial charge in [-0.1, -0.05) is 27.2 Å². The Morgan fingerprint density at radius 2 is 2.40 bits per heavy atom. The molecule has 0 amide bonds. The minimum Gasteiger partial charge on any atom is -0.479 e. The fraction of sp³-hybridized carbons (Fsp3) is 0.111. The first-order valence-electron chi connectivity index (χ1n) is 3.92. The van der Waals surface area contributed by atoms with Crippen LogP contribution >= 0.6 is 15.9 Å². The molecule has 0 spiro atoms. The topological polar surface area (TPSA) is 58.9 Å². The standard InChI is InChI=1S/C9H7BrFNO3/c10-7-2-1-3-8(11)6(7)4-12-15-5-9(13)14/h1-4H,5H2,(H,13,14)/b12-4+. The van der Waals surface area contributed by atoms with Gasteiger partial charge in [-0.05, 0) is 12.1 Å². The smallest absolute Gasteiger partial charge is 0.344 e. The third-order valence-corrected chi connectivity index (χ3v) is 2.14. The molecular formula is C9H7BrFNO3. The van der Waals surface area contributed by atoms with Crippen molar-refractivity contribution in [2.45, 2.75) is 0 Å². The molecule has 4 nitrogen and oxygen atoms in total. The Balaban J connectivity index is 2.67. The van der Waals surface area contributed by atoms with Crippen molar-refractivity contribution in [3.05, 3.63) is 34.1 Å². The van der Waals surface area contributed by atoms with E-state index in [9.17, 15) is 9.18 Å². The molecule has 0 unspecified atom stereocenters. The number of halogens is 2. The summed E-state index contributed by atoms with van der Waals surface area (Å²) >= 11 is 3.13. The highest BCUT2D eigenvalue weighted by atomic mass is 79.9. The number of carboxylic acids is 1. The molecule has 1 N–H and O–H groups in total. The van der Waals surface area contributed by atoms with Gasteiger partial charge in [-0.25, -0.2) is 9.18 Å². The van der Waals surface area contributed by atoms with E-state index in [0.29, 0.717) is 4.47 Å². The molecule has 0 fully saturated rings. The molecule has 0 aromatic heterocycles. The van der Waals surface area contributed by atoms with Crippen molar-refractivity contribution < 1.29 is 19.1 Å². The first-order valence-corrected chi connectivity index (χ1v) is 4.71. The number of rotatable bonds is 4. The number of aliphatic carboxylic acids is 1. The highest BCUT2D eigenvalue weighted by Crippen LogP contribution is 2.17. The molecule has 0 saturated carbocycles. The van der Waals surface area contributed by atoms with Crippen LogP contribution in [0.2, 0.25) is 0 Å². The Bertz CT molecular complexity index is 375. The summed E-state index contributed by atoms with van der Waals surface area (Å²) in [6.45, 7) is -0.553. The Hall–Kier alpha value is -1.43. The van der Waals surface area contributed by atoms with E-state index in [1.807, 2.05) is 0 Å². The van der Waals surface area contributed by atoms with Gasteiger partial charge in [0.15, 0.2) is 0 Å². The molecular weight excluding hydrogens is 269 g/mol. The number of carboxylic acid groups (broad SMARTS) is 1. The lowest BCUT2D eigenvalue weighted by molar-refractivity contribution is -0.142. The fourth-order valence-electron chi connectivity index (χ4n) is 0.817. The molecule has 80 valence electrons. The van der Waals surface area contributed by atoms with Gasteiger partial charge < -0.3 is 9.94 Å². The molecule has 1 rings (SSSR count). The lowest BCUT2D eigenvalue weighted by Crippen LogP contribution is -2.03. The summed E-state index contributed by atoms with van der Waals surface area (Å²) in [5.41, 5.74) is 0.211. The van der Waals surface area contributed by atoms with Gasteiger partial charge in [-0.2, -0.15) is 0 Å². The van der Waals surface area contributed by atoms with Crippen molar-refractivity contribution in [3.63, 3.8) is 0 Å². The van der Waals surface area contributed by atoms with Crippen LogP contribution in [0.15, 0.2) is 27.8 Å². The normalized spacial score (nSPS) is 10.5. The maximum atomic E-state index is 13.1. The number of oxime groups is 1. The maximum Gasteiger partial charge on any atom is 0.344 e. The van der Waals surface area contributed by atoms with Crippen LogP contribution in [0, 0.1) is 5.82 Å². The fourth-order valence-corrected chi connectivity index (χ4v) is 1.26. The second kappa shape index (κ2) is 5.45. The van der Waals surface area contributed by atoms with Crippen molar-refractivity contribution >= 4 is 28.1 Å². The van der Waals surface area contributed by atoms with Gasteiger partial charge in [0, 0.05) is 10.0 Å². The second-order valence-electron chi connectivity index (χ2n) is 2.54. The highest BCUT2D eigenvalue weighted by Gasteiger charge is 2.03. The van der Waals surface area contributed by atoms with E-state index in [2.05, 4.69) is 25.9 Å². The molecule has 0 aliphatic heterocycles. The van der Waals surface area contributed by atoms with Crippen molar-refractivity contribution in [3.8, 4) is 0 Å². The first-order chi connectivity index (χ1) is 7.11. The number of hydrogen-bond acceptors (Lipinski definition) is 3. The number of hydrogen-bond donors (Lipinski definition) is 1. The molecule has 0 atom stereocenters. The van der Waals surface area contributed by atoms with Crippen molar-refractivity contribution in [2.24, 2.45) is 5.16 Å². The highest BCUT2D eigenvalue weighted by molar-refractivity contribution is 9.10. The lowest BCUT2D eigenvalue weighted by atomic mass is 10.2. The second-order valence-corrected chi connectivity index (χ2v) is 3.39. The maximum absolute atomic E-state index is 13.1. The van der Waals surface area contributed by atoms with E-state index in [4.69, 9.17) is 5.11 Å². The summed E-state index contributed by atoms with van der Waals surface area (Å²) in [4.78, 5) is 14.5. The van der Waals surface area contributed by atoms with E-state index < -0.39 is 18.4 Å². The molecule has 0 radical (unpaired) electrons. The number of carbonyl (C=O) groups is 1. The minimum atomic E-state index is -1.14. The van der Waals surface area contributed by atoms with E-state index in [1.54, 1.807) is 6.07 Å². The average molecular weight is 276 g/mol. The number of nitrogens with zero attached hydrogens (tertiary/aromatic N) is 1. The summed E-state index contributed by atoms with van der Waals surface area (Å²) in [5.74, 6) is -1.60. The molecule has 1 aromatic carbocycles. The Labute approximate surface area is 93.5 Å². The molecule has 0 aliphatic rings. The summed E-state index contributed by atoms with van der Waals surface area (Å²) < 4.78 is 13.7. The average Bonchev–Trinajstić information content (AvgIpc) is 2.15. The van der Waals surface area contributed by atoms with Crippen LogP contribution in [0.5, 0.6) is 0 Å². The van der Waals surface area contributed by atoms with Gasteiger partial charge in [0.1, 0.15) is 5.82 Å². The summed E-state index contributed by atoms with van der Waals surface area (Å²) in [7, 11) is 0. The van der Waals surface area contributed by atoms with Gasteiger partial charge in [-0.15, -0.1) is 0 Å². The predicted molar refractivity (Wildman–Crippen MR) is 55.3 cm³/mol. The summed E-state index contributed by atoms with van der Waals surface area (Å²) in [6, 6.07) is 4.44. The van der Waals surface area contributed by atoms with Crippen molar-refractivity contribution in [2.75, 3.05) is 6.61 Å². The van der Waals surface area contributed by atoms with Crippen LogP contribution in [0.25, 0.3) is 0 Å². The lowest BCUT2D eigenvalue weighted by Gasteiger charge is -1.98. The van der Waals surface area contributed by atoms with Gasteiger partial charge in [0.05, 0.1) is 6.21 Å². The zero-order valence-corrected chi connectivity index (χ0v) is 9.07. The molecule has 15 heavy (non-hydrogen) atoms. The zero-order chi connectivity index (χ0) is 11.3. The monoisotopic (exact) mass is 275 g/mol. The Morgan fingerprint density at radius 3 is 3.00 bits per heavy atom. The van der Waals surface area contributed by atoms with Crippen LogP contribution in [-0.4, -0.2) is 23.9 Å². The molecule has 1 aromatic rings. The first kappa shape index (κ1) is 11.6. The zero-order valence-electron chi connectivity index (χ0n) is 7.48. The third-order valence-electron chi connectivity index (χ3n) is 1.44. The van der Waals surface area contributed by atoms with Gasteiger partial charge >= 0.3 is 5.97 Å². The molecule has 6 heteroatoms. The van der Waals surface area contributed by atoms with Gasteiger partial charge in [-0.3, -0.25) is 0 Å². The van der Waals surface area contributed by atoms with Gasteiger partial charge in [0.25, 0.3) is 0 Å². The molecule has 0 bridgehead atoms. The van der Waals surface area contributed by atoms with E-state index in [1.165, 1.54) is 12.1 Å². The van der Waals surface area contributed by atoms with E-state index in [0.717, 1.165) is 6.21 Å². The third kappa shape index (κ3) is 3.67.